The molecule has 0 spiro atoms. The Morgan fingerprint density at radius 3 is 2.69 bits per heavy atom. The van der Waals surface area contributed by atoms with Crippen molar-refractivity contribution in [2.24, 2.45) is 0 Å². The topological polar surface area (TPSA) is 65.0 Å². The van der Waals surface area contributed by atoms with Crippen LogP contribution in [0.2, 0.25) is 0 Å². The molecule has 0 unspecified atom stereocenters. The Balaban J connectivity index is 2.33. The molecule has 2 rings (SSSR count). The van der Waals surface area contributed by atoms with Gasteiger partial charge in [0.1, 0.15) is 6.26 Å². The highest BCUT2D eigenvalue weighted by Gasteiger charge is 2.17. The molecule has 0 N–H and O–H groups in total. The first-order valence-corrected chi connectivity index (χ1v) is 3.29. The lowest BCUT2D eigenvalue weighted by atomic mass is 10.4. The highest BCUT2D eigenvalue weighted by atomic mass is 19.3. The third-order valence-corrected chi connectivity index (χ3v) is 1.28. The number of aromatic nitrogens is 3. The second-order valence-electron chi connectivity index (χ2n) is 2.13. The summed E-state index contributed by atoms with van der Waals surface area (Å²) in [6.45, 7) is 0. The van der Waals surface area contributed by atoms with Crippen molar-refractivity contribution in [2.45, 2.75) is 6.43 Å². The Bertz CT molecular complexity index is 384. The molecular weight excluding hydrogens is 184 g/mol. The van der Waals surface area contributed by atoms with E-state index in [0.29, 0.717) is 0 Å². The van der Waals surface area contributed by atoms with E-state index < -0.39 is 12.3 Å². The lowest BCUT2D eigenvalue weighted by Crippen LogP contribution is -1.81. The fraction of sp³-hybridized carbons (Fsp3) is 0.167. The normalized spacial score (nSPS) is 11.0. The fourth-order valence-corrected chi connectivity index (χ4v) is 0.749. The van der Waals surface area contributed by atoms with E-state index in [4.69, 9.17) is 0 Å². The maximum absolute atomic E-state index is 12.0. The summed E-state index contributed by atoms with van der Waals surface area (Å²) in [7, 11) is 0. The Morgan fingerprint density at radius 2 is 2.15 bits per heavy atom. The molecule has 2 heterocycles. The van der Waals surface area contributed by atoms with Gasteiger partial charge in [0.2, 0.25) is 0 Å². The van der Waals surface area contributed by atoms with Gasteiger partial charge < -0.3 is 8.94 Å². The molecule has 0 bridgehead atoms. The van der Waals surface area contributed by atoms with Gasteiger partial charge >= 0.3 is 6.43 Å². The van der Waals surface area contributed by atoms with Gasteiger partial charge in [0.05, 0.1) is 0 Å². The SMILES string of the molecule is FC(F)c1nnc(-c2ccon2)o1. The van der Waals surface area contributed by atoms with Gasteiger partial charge in [-0.05, 0) is 0 Å². The molecule has 0 fully saturated rings. The van der Waals surface area contributed by atoms with Gasteiger partial charge in [0.15, 0.2) is 5.69 Å². The summed E-state index contributed by atoms with van der Waals surface area (Å²) in [5, 5.41) is 9.93. The molecule has 0 aliphatic carbocycles. The predicted octanol–water partition coefficient (Wildman–Crippen LogP) is 1.66. The number of rotatable bonds is 2. The number of hydrogen-bond acceptors (Lipinski definition) is 5. The molecule has 13 heavy (non-hydrogen) atoms. The molecule has 7 heteroatoms. The van der Waals surface area contributed by atoms with E-state index in [1.54, 1.807) is 0 Å². The van der Waals surface area contributed by atoms with Crippen LogP contribution in [0, 0.1) is 0 Å². The standard InChI is InChI=1S/C6H3F2N3O2/c7-4(8)6-10-9-5(13-6)3-1-2-12-11-3/h1-2,4H. The molecule has 5 nitrogen and oxygen atoms in total. The van der Waals surface area contributed by atoms with Gasteiger partial charge in [-0.25, -0.2) is 0 Å². The number of hydrogen-bond donors (Lipinski definition) is 0. The minimum atomic E-state index is -2.77. The predicted molar refractivity (Wildman–Crippen MR) is 34.8 cm³/mol. The van der Waals surface area contributed by atoms with E-state index in [0.717, 1.165) is 0 Å². The second-order valence-corrected chi connectivity index (χ2v) is 2.13. The number of nitrogens with zero attached hydrogens (tertiary/aromatic N) is 3. The smallest absolute Gasteiger partial charge is 0.314 e. The van der Waals surface area contributed by atoms with Crippen molar-refractivity contribution in [2.75, 3.05) is 0 Å². The van der Waals surface area contributed by atoms with Gasteiger partial charge in [-0.1, -0.05) is 5.16 Å². The first-order chi connectivity index (χ1) is 6.27. The molecular formula is C6H3F2N3O2. The summed E-state index contributed by atoms with van der Waals surface area (Å²) in [6.07, 6.45) is -1.49. The van der Waals surface area contributed by atoms with Crippen molar-refractivity contribution in [3.63, 3.8) is 0 Å². The summed E-state index contributed by atoms with van der Waals surface area (Å²) in [4.78, 5) is 0. The van der Waals surface area contributed by atoms with E-state index in [1.807, 2.05) is 0 Å². The van der Waals surface area contributed by atoms with Crippen LogP contribution in [0.25, 0.3) is 11.6 Å². The van der Waals surface area contributed by atoms with Crippen LogP contribution in [0.1, 0.15) is 12.3 Å². The second kappa shape index (κ2) is 2.92. The van der Waals surface area contributed by atoms with Crippen LogP contribution in [0.4, 0.5) is 8.78 Å². The van der Waals surface area contributed by atoms with E-state index >= 15 is 0 Å². The highest BCUT2D eigenvalue weighted by Crippen LogP contribution is 2.21. The van der Waals surface area contributed by atoms with E-state index in [2.05, 4.69) is 24.3 Å². The monoisotopic (exact) mass is 187 g/mol. The van der Waals surface area contributed by atoms with Gasteiger partial charge in [0.25, 0.3) is 11.8 Å². The van der Waals surface area contributed by atoms with Crippen molar-refractivity contribution in [3.8, 4) is 11.6 Å². The van der Waals surface area contributed by atoms with Crippen molar-refractivity contribution in [3.05, 3.63) is 18.2 Å². The zero-order valence-electron chi connectivity index (χ0n) is 6.15. The first-order valence-electron chi connectivity index (χ1n) is 3.29. The fourth-order valence-electron chi connectivity index (χ4n) is 0.749. The van der Waals surface area contributed by atoms with Crippen LogP contribution in [-0.4, -0.2) is 15.4 Å². The zero-order chi connectivity index (χ0) is 9.26. The van der Waals surface area contributed by atoms with Gasteiger partial charge in [-0.3, -0.25) is 0 Å². The molecule has 2 aromatic rings. The Labute approximate surface area is 70.4 Å². The molecule has 0 aromatic carbocycles. The maximum atomic E-state index is 12.0. The quantitative estimate of drug-likeness (QED) is 0.715. The first kappa shape index (κ1) is 7.84. The third kappa shape index (κ3) is 1.40. The lowest BCUT2D eigenvalue weighted by Gasteiger charge is -1.86. The van der Waals surface area contributed by atoms with Crippen molar-refractivity contribution in [1.29, 1.82) is 0 Å². The Kier molecular flexibility index (Phi) is 1.76. The molecule has 0 aliphatic rings. The molecule has 2 aromatic heterocycles. The molecule has 0 saturated heterocycles. The van der Waals surface area contributed by atoms with Crippen LogP contribution < -0.4 is 0 Å². The Hall–Kier alpha value is -1.79. The van der Waals surface area contributed by atoms with Gasteiger partial charge in [0, 0.05) is 6.07 Å². The average molecular weight is 187 g/mol. The van der Waals surface area contributed by atoms with E-state index in [9.17, 15) is 8.78 Å². The summed E-state index contributed by atoms with van der Waals surface area (Å²) in [5.41, 5.74) is 0.236. The molecule has 0 atom stereocenters. The summed E-state index contributed by atoms with van der Waals surface area (Å²) < 4.78 is 33.0. The average Bonchev–Trinajstić information content (AvgIpc) is 2.75. The lowest BCUT2D eigenvalue weighted by molar-refractivity contribution is 0.116. The number of halogens is 2. The van der Waals surface area contributed by atoms with Crippen LogP contribution >= 0.6 is 0 Å². The summed E-state index contributed by atoms with van der Waals surface area (Å²) in [5.74, 6) is -0.804. The van der Waals surface area contributed by atoms with Crippen molar-refractivity contribution in [1.82, 2.24) is 15.4 Å². The number of alkyl halides is 2. The minimum absolute atomic E-state index is 0.0796. The van der Waals surface area contributed by atoms with Gasteiger partial charge in [-0.15, -0.1) is 10.2 Å². The minimum Gasteiger partial charge on any atom is -0.413 e. The molecule has 68 valence electrons. The third-order valence-electron chi connectivity index (χ3n) is 1.28. The maximum Gasteiger partial charge on any atom is 0.314 e. The molecule has 0 radical (unpaired) electrons. The summed E-state index contributed by atoms with van der Waals surface area (Å²) >= 11 is 0. The molecule has 0 amide bonds. The van der Waals surface area contributed by atoms with Gasteiger partial charge in [-0.2, -0.15) is 8.78 Å². The zero-order valence-corrected chi connectivity index (χ0v) is 6.15. The van der Waals surface area contributed by atoms with Crippen molar-refractivity contribution >= 4 is 0 Å². The Morgan fingerprint density at radius 1 is 1.31 bits per heavy atom. The van der Waals surface area contributed by atoms with Crippen LogP contribution in [0.5, 0.6) is 0 Å². The highest BCUT2D eigenvalue weighted by molar-refractivity contribution is 5.43. The van der Waals surface area contributed by atoms with E-state index in [1.165, 1.54) is 12.3 Å². The van der Waals surface area contributed by atoms with Crippen LogP contribution in [0.3, 0.4) is 0 Å². The summed E-state index contributed by atoms with van der Waals surface area (Å²) in [6, 6.07) is 1.43. The van der Waals surface area contributed by atoms with Crippen molar-refractivity contribution < 1.29 is 17.7 Å². The van der Waals surface area contributed by atoms with Crippen LogP contribution in [0.15, 0.2) is 21.3 Å². The van der Waals surface area contributed by atoms with E-state index in [-0.39, 0.29) is 11.6 Å². The van der Waals surface area contributed by atoms with Crippen LogP contribution in [-0.2, 0) is 0 Å². The molecule has 0 saturated carbocycles. The molecule has 0 aliphatic heterocycles. The largest absolute Gasteiger partial charge is 0.413 e.